The number of phenolic OH excluding ortho intramolecular Hbond substituents is 1. The first-order valence-electron chi connectivity index (χ1n) is 6.54. The molecular formula is C16H15Br2NO3. The Hall–Kier alpha value is -1.53. The third kappa shape index (κ3) is 4.24. The molecule has 6 heteroatoms. The van der Waals surface area contributed by atoms with E-state index in [1.54, 1.807) is 12.1 Å². The van der Waals surface area contributed by atoms with Crippen LogP contribution >= 0.6 is 31.9 Å². The zero-order valence-corrected chi connectivity index (χ0v) is 15.3. The summed E-state index contributed by atoms with van der Waals surface area (Å²) in [6.45, 7) is 3.86. The first-order chi connectivity index (χ1) is 10.4. The van der Waals surface area contributed by atoms with Crippen molar-refractivity contribution in [1.82, 2.24) is 0 Å². The van der Waals surface area contributed by atoms with Crippen LogP contribution in [0.4, 0.5) is 5.69 Å². The van der Waals surface area contributed by atoms with Crippen LogP contribution in [0, 0.1) is 13.8 Å². The van der Waals surface area contributed by atoms with E-state index in [-0.39, 0.29) is 18.3 Å². The lowest BCUT2D eigenvalue weighted by Crippen LogP contribution is -2.20. The quantitative estimate of drug-likeness (QED) is 0.702. The van der Waals surface area contributed by atoms with Crippen molar-refractivity contribution in [2.75, 3.05) is 11.9 Å². The van der Waals surface area contributed by atoms with Crippen molar-refractivity contribution in [3.8, 4) is 11.5 Å². The van der Waals surface area contributed by atoms with Gasteiger partial charge >= 0.3 is 0 Å². The SMILES string of the molecule is Cc1ccc(OCC(=O)Nc2cc(Br)c(O)c(Br)c2)c(C)c1. The number of ether oxygens (including phenoxy) is 1. The van der Waals surface area contributed by atoms with E-state index in [0.29, 0.717) is 20.4 Å². The van der Waals surface area contributed by atoms with Crippen LogP contribution in [0.15, 0.2) is 39.3 Å². The summed E-state index contributed by atoms with van der Waals surface area (Å²) < 4.78 is 6.51. The number of anilines is 1. The first-order valence-corrected chi connectivity index (χ1v) is 8.13. The molecular weight excluding hydrogens is 414 g/mol. The van der Waals surface area contributed by atoms with E-state index in [9.17, 15) is 9.90 Å². The number of halogens is 2. The average molecular weight is 429 g/mol. The number of nitrogens with one attached hydrogen (secondary N) is 1. The Morgan fingerprint density at radius 2 is 1.82 bits per heavy atom. The molecule has 4 nitrogen and oxygen atoms in total. The third-order valence-corrected chi connectivity index (χ3v) is 4.20. The van der Waals surface area contributed by atoms with Gasteiger partial charge in [-0.25, -0.2) is 0 Å². The highest BCUT2D eigenvalue weighted by Gasteiger charge is 2.09. The highest BCUT2D eigenvalue weighted by atomic mass is 79.9. The molecule has 22 heavy (non-hydrogen) atoms. The van der Waals surface area contributed by atoms with Gasteiger partial charge in [0.15, 0.2) is 6.61 Å². The van der Waals surface area contributed by atoms with E-state index >= 15 is 0 Å². The predicted octanol–water partition coefficient (Wildman–Crippen LogP) is 4.55. The second kappa shape index (κ2) is 7.15. The molecule has 0 spiro atoms. The maximum atomic E-state index is 11.9. The van der Waals surface area contributed by atoms with E-state index in [2.05, 4.69) is 37.2 Å². The number of phenols is 1. The number of aromatic hydroxyl groups is 1. The van der Waals surface area contributed by atoms with Crippen molar-refractivity contribution in [1.29, 1.82) is 0 Å². The van der Waals surface area contributed by atoms with Gasteiger partial charge in [-0.05, 0) is 69.5 Å². The van der Waals surface area contributed by atoms with Gasteiger partial charge in [-0.1, -0.05) is 17.7 Å². The second-order valence-electron chi connectivity index (χ2n) is 4.89. The van der Waals surface area contributed by atoms with Gasteiger partial charge in [0.1, 0.15) is 11.5 Å². The van der Waals surface area contributed by atoms with E-state index in [1.165, 1.54) is 0 Å². The van der Waals surface area contributed by atoms with Crippen molar-refractivity contribution in [3.05, 3.63) is 50.4 Å². The molecule has 0 radical (unpaired) electrons. The fourth-order valence-corrected chi connectivity index (χ4v) is 3.13. The zero-order chi connectivity index (χ0) is 16.3. The lowest BCUT2D eigenvalue weighted by atomic mass is 10.1. The monoisotopic (exact) mass is 427 g/mol. The van der Waals surface area contributed by atoms with Gasteiger partial charge in [0.2, 0.25) is 0 Å². The Morgan fingerprint density at radius 3 is 2.41 bits per heavy atom. The van der Waals surface area contributed by atoms with Crippen LogP contribution in [0.1, 0.15) is 11.1 Å². The van der Waals surface area contributed by atoms with Gasteiger partial charge in [-0.2, -0.15) is 0 Å². The molecule has 0 bridgehead atoms. The largest absolute Gasteiger partial charge is 0.506 e. The van der Waals surface area contributed by atoms with Crippen LogP contribution in [-0.4, -0.2) is 17.6 Å². The Balaban J connectivity index is 1.99. The summed E-state index contributed by atoms with van der Waals surface area (Å²) in [4.78, 5) is 11.9. The minimum absolute atomic E-state index is 0.0833. The average Bonchev–Trinajstić information content (AvgIpc) is 2.43. The number of carbonyl (C=O) groups excluding carboxylic acids is 1. The molecule has 0 aliphatic heterocycles. The molecule has 0 aliphatic carbocycles. The number of carbonyl (C=O) groups is 1. The molecule has 0 atom stereocenters. The van der Waals surface area contributed by atoms with Gasteiger partial charge < -0.3 is 15.2 Å². The van der Waals surface area contributed by atoms with Crippen LogP contribution in [0.5, 0.6) is 11.5 Å². The van der Waals surface area contributed by atoms with Gasteiger partial charge in [0.25, 0.3) is 5.91 Å². The van der Waals surface area contributed by atoms with Crippen LogP contribution in [-0.2, 0) is 4.79 Å². The summed E-state index contributed by atoms with van der Waals surface area (Å²) in [5, 5.41) is 12.4. The topological polar surface area (TPSA) is 58.6 Å². The lowest BCUT2D eigenvalue weighted by molar-refractivity contribution is -0.118. The Kier molecular flexibility index (Phi) is 5.47. The van der Waals surface area contributed by atoms with E-state index < -0.39 is 0 Å². The van der Waals surface area contributed by atoms with E-state index in [1.807, 2.05) is 32.0 Å². The minimum Gasteiger partial charge on any atom is -0.506 e. The molecule has 0 saturated carbocycles. The van der Waals surface area contributed by atoms with Crippen molar-refractivity contribution in [3.63, 3.8) is 0 Å². The maximum Gasteiger partial charge on any atom is 0.262 e. The Labute approximate surface area is 145 Å². The number of benzene rings is 2. The Bertz CT molecular complexity index is 694. The molecule has 2 N–H and O–H groups in total. The van der Waals surface area contributed by atoms with Crippen molar-refractivity contribution >= 4 is 43.5 Å². The fourth-order valence-electron chi connectivity index (χ4n) is 1.94. The second-order valence-corrected chi connectivity index (χ2v) is 6.60. The molecule has 0 fully saturated rings. The normalized spacial score (nSPS) is 10.4. The van der Waals surface area contributed by atoms with Crippen LogP contribution in [0.2, 0.25) is 0 Å². The van der Waals surface area contributed by atoms with Crippen molar-refractivity contribution < 1.29 is 14.6 Å². The molecule has 116 valence electrons. The van der Waals surface area contributed by atoms with Gasteiger partial charge in [0, 0.05) is 5.69 Å². The molecule has 2 aromatic carbocycles. The molecule has 0 saturated heterocycles. The molecule has 0 aliphatic rings. The molecule has 2 aromatic rings. The summed E-state index contributed by atoms with van der Waals surface area (Å²) >= 11 is 6.43. The fraction of sp³-hybridized carbons (Fsp3) is 0.188. The highest BCUT2D eigenvalue weighted by Crippen LogP contribution is 2.35. The van der Waals surface area contributed by atoms with E-state index in [4.69, 9.17) is 4.74 Å². The predicted molar refractivity (Wildman–Crippen MR) is 93.5 cm³/mol. The number of hydrogen-bond donors (Lipinski definition) is 2. The van der Waals surface area contributed by atoms with Gasteiger partial charge in [0.05, 0.1) is 8.95 Å². The van der Waals surface area contributed by atoms with Crippen LogP contribution in [0.25, 0.3) is 0 Å². The first kappa shape index (κ1) is 16.8. The standard InChI is InChI=1S/C16H15Br2NO3/c1-9-3-4-14(10(2)5-9)22-8-15(20)19-11-6-12(17)16(21)13(18)7-11/h3-7,21H,8H2,1-2H3,(H,19,20). The van der Waals surface area contributed by atoms with Crippen molar-refractivity contribution in [2.45, 2.75) is 13.8 Å². The van der Waals surface area contributed by atoms with Crippen molar-refractivity contribution in [2.24, 2.45) is 0 Å². The molecule has 1 amide bonds. The zero-order valence-electron chi connectivity index (χ0n) is 12.1. The van der Waals surface area contributed by atoms with E-state index in [0.717, 1.165) is 11.1 Å². The highest BCUT2D eigenvalue weighted by molar-refractivity contribution is 9.11. The van der Waals surface area contributed by atoms with Gasteiger partial charge in [-0.15, -0.1) is 0 Å². The molecule has 0 unspecified atom stereocenters. The smallest absolute Gasteiger partial charge is 0.262 e. The summed E-state index contributed by atoms with van der Waals surface area (Å²) in [5.74, 6) is 0.503. The number of rotatable bonds is 4. The minimum atomic E-state index is -0.274. The number of aryl methyl sites for hydroxylation is 2. The number of amides is 1. The molecule has 0 aromatic heterocycles. The van der Waals surface area contributed by atoms with Gasteiger partial charge in [-0.3, -0.25) is 4.79 Å². The van der Waals surface area contributed by atoms with Crippen LogP contribution in [0.3, 0.4) is 0 Å². The molecule has 2 rings (SSSR count). The summed E-state index contributed by atoms with van der Waals surface area (Å²) in [7, 11) is 0. The van der Waals surface area contributed by atoms with Crippen LogP contribution < -0.4 is 10.1 Å². The summed E-state index contributed by atoms with van der Waals surface area (Å²) in [6.07, 6.45) is 0. The lowest BCUT2D eigenvalue weighted by Gasteiger charge is -2.11. The Morgan fingerprint density at radius 1 is 1.18 bits per heavy atom. The summed E-state index contributed by atoms with van der Waals surface area (Å²) in [5.41, 5.74) is 2.70. The third-order valence-electron chi connectivity index (χ3n) is 2.99. The number of hydrogen-bond acceptors (Lipinski definition) is 3. The summed E-state index contributed by atoms with van der Waals surface area (Å²) in [6, 6.07) is 9.03. The molecule has 0 heterocycles. The maximum absolute atomic E-state index is 11.9.